The molecule has 3 atom stereocenters. The lowest BCUT2D eigenvalue weighted by Crippen LogP contribution is -2.21. The molecule has 0 aliphatic heterocycles. The van der Waals surface area contributed by atoms with Crippen LogP contribution in [0.4, 0.5) is 22.0 Å². The van der Waals surface area contributed by atoms with E-state index in [1.54, 1.807) is 0 Å². The summed E-state index contributed by atoms with van der Waals surface area (Å²) < 4.78 is 67.5. The van der Waals surface area contributed by atoms with Crippen LogP contribution in [0.25, 0.3) is 0 Å². The molecule has 2 aliphatic rings. The molecule has 0 aromatic heterocycles. The molecule has 0 saturated heterocycles. The van der Waals surface area contributed by atoms with E-state index in [4.69, 9.17) is 0 Å². The minimum absolute atomic E-state index is 0.0528. The van der Waals surface area contributed by atoms with Crippen LogP contribution in [0.3, 0.4) is 0 Å². The largest absolute Gasteiger partial charge is 0.203 e. The first-order valence-corrected chi connectivity index (χ1v) is 7.03. The predicted octanol–water partition coefficient (Wildman–Crippen LogP) is 5.07. The number of hydrogen-bond acceptors (Lipinski definition) is 0. The maximum Gasteiger partial charge on any atom is 0.200 e. The fraction of sp³-hybridized carbons (Fsp3) is 0.600. The molecule has 110 valence electrons. The molecule has 1 aromatic rings. The Balaban J connectivity index is 2.06. The highest BCUT2D eigenvalue weighted by Crippen LogP contribution is 2.51. The van der Waals surface area contributed by atoms with Crippen LogP contribution >= 0.6 is 0 Å². The average molecular weight is 290 g/mol. The highest BCUT2D eigenvalue weighted by Gasteiger charge is 2.42. The fourth-order valence-electron chi connectivity index (χ4n) is 4.04. The summed E-state index contributed by atoms with van der Waals surface area (Å²) >= 11 is 0. The van der Waals surface area contributed by atoms with Gasteiger partial charge in [-0.3, -0.25) is 0 Å². The Morgan fingerprint density at radius 3 is 1.80 bits per heavy atom. The van der Waals surface area contributed by atoms with Gasteiger partial charge in [-0.15, -0.1) is 0 Å². The summed E-state index contributed by atoms with van der Waals surface area (Å²) in [6.45, 7) is 0. The van der Waals surface area contributed by atoms with E-state index < -0.39 is 40.6 Å². The van der Waals surface area contributed by atoms with Gasteiger partial charge >= 0.3 is 0 Å². The van der Waals surface area contributed by atoms with Gasteiger partial charge in [-0.2, -0.15) is 0 Å². The summed E-state index contributed by atoms with van der Waals surface area (Å²) in [4.78, 5) is 0. The molecule has 0 N–H and O–H groups in total. The van der Waals surface area contributed by atoms with Crippen molar-refractivity contribution >= 4 is 0 Å². The van der Waals surface area contributed by atoms with Crippen molar-refractivity contribution in [3.05, 3.63) is 34.6 Å². The van der Waals surface area contributed by atoms with Crippen molar-refractivity contribution in [2.24, 2.45) is 11.8 Å². The van der Waals surface area contributed by atoms with E-state index in [2.05, 4.69) is 0 Å². The van der Waals surface area contributed by atoms with Crippen LogP contribution in [0.2, 0.25) is 0 Å². The zero-order valence-corrected chi connectivity index (χ0v) is 10.9. The number of halogens is 5. The van der Waals surface area contributed by atoms with Crippen molar-refractivity contribution in [1.29, 1.82) is 0 Å². The van der Waals surface area contributed by atoms with Crippen LogP contribution in [0.5, 0.6) is 0 Å². The average Bonchev–Trinajstić information content (AvgIpc) is 2.87. The molecule has 2 aliphatic carbocycles. The van der Waals surface area contributed by atoms with Crippen LogP contribution in [0, 0.1) is 40.9 Å². The maximum absolute atomic E-state index is 13.9. The topological polar surface area (TPSA) is 0 Å². The van der Waals surface area contributed by atoms with E-state index in [1.165, 1.54) is 0 Å². The molecule has 20 heavy (non-hydrogen) atoms. The van der Waals surface area contributed by atoms with Gasteiger partial charge in [0, 0.05) is 5.56 Å². The molecule has 1 aromatic carbocycles. The van der Waals surface area contributed by atoms with Crippen LogP contribution in [0.15, 0.2) is 0 Å². The van der Waals surface area contributed by atoms with Gasteiger partial charge < -0.3 is 0 Å². The van der Waals surface area contributed by atoms with E-state index in [9.17, 15) is 22.0 Å². The monoisotopic (exact) mass is 290 g/mol. The molecule has 5 heteroatoms. The van der Waals surface area contributed by atoms with Gasteiger partial charge in [0.2, 0.25) is 5.82 Å². The minimum atomic E-state index is -2.07. The van der Waals surface area contributed by atoms with Gasteiger partial charge in [0.25, 0.3) is 0 Å². The van der Waals surface area contributed by atoms with Crippen LogP contribution in [-0.4, -0.2) is 0 Å². The van der Waals surface area contributed by atoms with E-state index in [0.29, 0.717) is 12.3 Å². The van der Waals surface area contributed by atoms with Gasteiger partial charge in [0.1, 0.15) is 0 Å². The lowest BCUT2D eigenvalue weighted by atomic mass is 9.76. The van der Waals surface area contributed by atoms with Crippen LogP contribution in [-0.2, 0) is 0 Å². The summed E-state index contributed by atoms with van der Waals surface area (Å²) in [6.07, 6.45) is 5.19. The Morgan fingerprint density at radius 1 is 0.600 bits per heavy atom. The quantitative estimate of drug-likeness (QED) is 0.385. The van der Waals surface area contributed by atoms with Crippen molar-refractivity contribution in [3.8, 4) is 0 Å². The number of hydrogen-bond donors (Lipinski definition) is 0. The SMILES string of the molecule is Fc1c(F)c(F)c(C2CCC3CCCCC32)c(F)c1F. The summed E-state index contributed by atoms with van der Waals surface area (Å²) in [5.74, 6) is -9.11. The first-order chi connectivity index (χ1) is 9.52. The summed E-state index contributed by atoms with van der Waals surface area (Å²) in [6, 6.07) is 0. The predicted molar refractivity (Wildman–Crippen MR) is 63.7 cm³/mol. The third-order valence-corrected chi connectivity index (χ3v) is 4.95. The van der Waals surface area contributed by atoms with Crippen molar-refractivity contribution < 1.29 is 22.0 Å². The number of rotatable bonds is 1. The zero-order chi connectivity index (χ0) is 14.4. The first-order valence-electron chi connectivity index (χ1n) is 7.03. The normalized spacial score (nSPS) is 29.6. The Hall–Kier alpha value is -1.13. The molecule has 3 unspecified atom stereocenters. The smallest absolute Gasteiger partial charge is 0.200 e. The third kappa shape index (κ3) is 1.93. The molecular weight excluding hydrogens is 275 g/mol. The van der Waals surface area contributed by atoms with Crippen molar-refractivity contribution in [2.75, 3.05) is 0 Å². The van der Waals surface area contributed by atoms with Gasteiger partial charge in [0.05, 0.1) is 0 Å². The standard InChI is InChI=1S/C15H15F5/c16-11-10(12(17)14(19)15(20)13(11)18)9-6-5-7-3-1-2-4-8(7)9/h7-9H,1-6H2. The Labute approximate surface area is 114 Å². The lowest BCUT2D eigenvalue weighted by molar-refractivity contribution is 0.251. The van der Waals surface area contributed by atoms with E-state index >= 15 is 0 Å². The zero-order valence-electron chi connectivity index (χ0n) is 10.9. The Kier molecular flexibility index (Phi) is 3.46. The van der Waals surface area contributed by atoms with Crippen molar-refractivity contribution in [3.63, 3.8) is 0 Å². The highest BCUT2D eigenvalue weighted by atomic mass is 19.2. The molecule has 2 saturated carbocycles. The molecular formula is C15H15F5. The number of benzene rings is 1. The van der Waals surface area contributed by atoms with Gasteiger partial charge in [-0.25, -0.2) is 22.0 Å². The second kappa shape index (κ2) is 5.01. The molecule has 0 radical (unpaired) electrons. The molecule has 2 fully saturated rings. The second-order valence-electron chi connectivity index (χ2n) is 5.88. The van der Waals surface area contributed by atoms with Crippen molar-refractivity contribution in [2.45, 2.75) is 44.4 Å². The molecule has 0 heterocycles. The van der Waals surface area contributed by atoms with E-state index in [1.807, 2.05) is 0 Å². The molecule has 0 spiro atoms. The summed E-state index contributed by atoms with van der Waals surface area (Å²) in [5.41, 5.74) is -0.587. The van der Waals surface area contributed by atoms with Crippen LogP contribution in [0.1, 0.15) is 50.0 Å². The Morgan fingerprint density at radius 2 is 1.15 bits per heavy atom. The van der Waals surface area contributed by atoms with Gasteiger partial charge in [-0.1, -0.05) is 19.3 Å². The molecule has 0 bridgehead atoms. The minimum Gasteiger partial charge on any atom is -0.203 e. The van der Waals surface area contributed by atoms with E-state index in [0.717, 1.165) is 32.1 Å². The molecule has 0 amide bonds. The van der Waals surface area contributed by atoms with Crippen molar-refractivity contribution in [1.82, 2.24) is 0 Å². The second-order valence-corrected chi connectivity index (χ2v) is 5.88. The highest BCUT2D eigenvalue weighted by molar-refractivity contribution is 5.29. The maximum atomic E-state index is 13.9. The number of fused-ring (bicyclic) bond motifs is 1. The van der Waals surface area contributed by atoms with E-state index in [-0.39, 0.29) is 5.92 Å². The summed E-state index contributed by atoms with van der Waals surface area (Å²) in [7, 11) is 0. The fourth-order valence-corrected chi connectivity index (χ4v) is 4.04. The molecule has 0 nitrogen and oxygen atoms in total. The van der Waals surface area contributed by atoms with Gasteiger partial charge in [-0.05, 0) is 37.0 Å². The molecule has 3 rings (SSSR count). The Bertz CT molecular complexity index is 511. The summed E-state index contributed by atoms with van der Waals surface area (Å²) in [5, 5.41) is 0. The first kappa shape index (κ1) is 13.8. The van der Waals surface area contributed by atoms with Crippen LogP contribution < -0.4 is 0 Å². The van der Waals surface area contributed by atoms with Gasteiger partial charge in [0.15, 0.2) is 23.3 Å². The third-order valence-electron chi connectivity index (χ3n) is 4.95. The lowest BCUT2D eigenvalue weighted by Gasteiger charge is -2.29.